The van der Waals surface area contributed by atoms with Crippen molar-refractivity contribution in [2.75, 3.05) is 19.2 Å². The van der Waals surface area contributed by atoms with Crippen LogP contribution in [-0.4, -0.2) is 42.7 Å². The second-order valence-corrected chi connectivity index (χ2v) is 9.91. The molecule has 2 atom stereocenters. The van der Waals surface area contributed by atoms with Gasteiger partial charge in [0.2, 0.25) is 6.79 Å². The topological polar surface area (TPSA) is 103 Å². The fraction of sp³-hybridized carbons (Fsp3) is 0.310. The molecule has 1 aliphatic carbocycles. The summed E-state index contributed by atoms with van der Waals surface area (Å²) in [6.45, 7) is 0.396. The molecule has 8 nitrogen and oxygen atoms in total. The molecule has 0 aromatic heterocycles. The molecular weight excluding hydrogens is 506 g/mol. The van der Waals surface area contributed by atoms with Crippen molar-refractivity contribution in [2.24, 2.45) is 5.73 Å². The highest BCUT2D eigenvalue weighted by atomic mass is 35.5. The first-order valence-corrected chi connectivity index (χ1v) is 13.0. The molecule has 0 radical (unpaired) electrons. The maximum absolute atomic E-state index is 13.7. The van der Waals surface area contributed by atoms with E-state index in [1.807, 2.05) is 4.90 Å². The lowest BCUT2D eigenvalue weighted by Gasteiger charge is -2.38. The van der Waals surface area contributed by atoms with Crippen molar-refractivity contribution in [2.45, 2.75) is 44.3 Å². The van der Waals surface area contributed by atoms with E-state index in [2.05, 4.69) is 5.32 Å². The Morgan fingerprint density at radius 3 is 2.50 bits per heavy atom. The molecule has 1 saturated carbocycles. The summed E-state index contributed by atoms with van der Waals surface area (Å²) in [5.41, 5.74) is 8.78. The number of amides is 2. The van der Waals surface area contributed by atoms with E-state index in [9.17, 15) is 9.59 Å². The minimum Gasteiger partial charge on any atom is -0.497 e. The molecule has 3 aromatic carbocycles. The lowest BCUT2D eigenvalue weighted by molar-refractivity contribution is 0.0583. The molecule has 198 valence electrons. The zero-order valence-corrected chi connectivity index (χ0v) is 21.9. The van der Waals surface area contributed by atoms with Crippen LogP contribution in [0.1, 0.15) is 52.0 Å². The Labute approximate surface area is 226 Å². The zero-order valence-electron chi connectivity index (χ0n) is 21.1. The summed E-state index contributed by atoms with van der Waals surface area (Å²) < 4.78 is 15.9. The van der Waals surface area contributed by atoms with Gasteiger partial charge < -0.3 is 30.2 Å². The summed E-state index contributed by atoms with van der Waals surface area (Å²) in [5.74, 6) is 1.40. The average Bonchev–Trinajstić information content (AvgIpc) is 3.41. The molecule has 0 saturated heterocycles. The lowest BCUT2D eigenvalue weighted by Crippen LogP contribution is -2.51. The van der Waals surface area contributed by atoms with E-state index >= 15 is 0 Å². The van der Waals surface area contributed by atoms with Crippen LogP contribution in [0.4, 0.5) is 5.69 Å². The number of carbonyl (C=O) groups excluding carboxylic acids is 2. The van der Waals surface area contributed by atoms with Crippen LogP contribution in [0.3, 0.4) is 0 Å². The number of hydrogen-bond donors (Lipinski definition) is 2. The SMILES string of the molecule is COc1ccc(C(=O)N(Cc2cc(NC(=O)c3ccc4c(c3)OCO4)ccc2Cl)C2CCCCC2N)cc1. The van der Waals surface area contributed by atoms with E-state index < -0.39 is 0 Å². The second kappa shape index (κ2) is 11.3. The maximum atomic E-state index is 13.7. The van der Waals surface area contributed by atoms with E-state index in [1.165, 1.54) is 0 Å². The van der Waals surface area contributed by atoms with Gasteiger partial charge in [0.05, 0.1) is 7.11 Å². The molecule has 38 heavy (non-hydrogen) atoms. The van der Waals surface area contributed by atoms with Gasteiger partial charge in [0.1, 0.15) is 5.75 Å². The highest BCUT2D eigenvalue weighted by Gasteiger charge is 2.32. The number of hydrogen-bond acceptors (Lipinski definition) is 6. The number of methoxy groups -OCH3 is 1. The van der Waals surface area contributed by atoms with Crippen LogP contribution in [0.25, 0.3) is 0 Å². The van der Waals surface area contributed by atoms with Crippen LogP contribution in [0.5, 0.6) is 17.2 Å². The fourth-order valence-corrected chi connectivity index (χ4v) is 5.14. The Morgan fingerprint density at radius 1 is 1.00 bits per heavy atom. The molecule has 2 unspecified atom stereocenters. The number of nitrogens with two attached hydrogens (primary N) is 1. The van der Waals surface area contributed by atoms with Gasteiger partial charge >= 0.3 is 0 Å². The van der Waals surface area contributed by atoms with E-state index in [-0.39, 0.29) is 37.2 Å². The average molecular weight is 536 g/mol. The molecule has 3 N–H and O–H groups in total. The Balaban J connectivity index is 1.39. The maximum Gasteiger partial charge on any atom is 0.255 e. The fourth-order valence-electron chi connectivity index (χ4n) is 4.96. The van der Waals surface area contributed by atoms with E-state index in [1.54, 1.807) is 67.8 Å². The number of rotatable bonds is 7. The molecule has 2 amide bonds. The van der Waals surface area contributed by atoms with Crippen molar-refractivity contribution in [3.05, 3.63) is 82.4 Å². The molecule has 0 bridgehead atoms. The van der Waals surface area contributed by atoms with E-state index in [0.29, 0.717) is 39.1 Å². The number of ether oxygens (including phenoxy) is 3. The molecule has 1 aliphatic heterocycles. The smallest absolute Gasteiger partial charge is 0.255 e. The lowest BCUT2D eigenvalue weighted by atomic mass is 9.89. The Kier molecular flexibility index (Phi) is 7.72. The van der Waals surface area contributed by atoms with Gasteiger partial charge in [0, 0.05) is 40.5 Å². The standard InChI is InChI=1S/C29H30ClN3O5/c1-36-22-10-6-18(7-11-22)29(35)33(25-5-3-2-4-24(25)31)16-20-14-21(9-12-23(20)30)32-28(34)19-8-13-26-27(15-19)38-17-37-26/h6-15,24-25H,2-5,16-17,31H2,1H3,(H,32,34). The number of anilines is 1. The number of carbonyl (C=O) groups is 2. The Morgan fingerprint density at radius 2 is 1.74 bits per heavy atom. The largest absolute Gasteiger partial charge is 0.497 e. The van der Waals surface area contributed by atoms with Crippen LogP contribution in [-0.2, 0) is 6.54 Å². The Hall–Kier alpha value is -3.75. The highest BCUT2D eigenvalue weighted by molar-refractivity contribution is 6.31. The molecule has 3 aromatic rings. The zero-order chi connectivity index (χ0) is 26.6. The first kappa shape index (κ1) is 25.9. The molecule has 0 spiro atoms. The van der Waals surface area contributed by atoms with E-state index in [4.69, 9.17) is 31.5 Å². The van der Waals surface area contributed by atoms with Crippen LogP contribution in [0.15, 0.2) is 60.7 Å². The molecule has 1 heterocycles. The van der Waals surface area contributed by atoms with E-state index in [0.717, 1.165) is 31.2 Å². The van der Waals surface area contributed by atoms with Crippen molar-refractivity contribution in [1.29, 1.82) is 0 Å². The number of nitrogens with one attached hydrogen (secondary N) is 1. The molecule has 9 heteroatoms. The van der Waals surface area contributed by atoms with Gasteiger partial charge in [0.15, 0.2) is 11.5 Å². The van der Waals surface area contributed by atoms with Gasteiger partial charge in [-0.05, 0) is 79.1 Å². The number of nitrogens with zero attached hydrogens (tertiary/aromatic N) is 1. The third-order valence-electron chi connectivity index (χ3n) is 7.06. The molecule has 2 aliphatic rings. The predicted molar refractivity (Wildman–Crippen MR) is 145 cm³/mol. The quantitative estimate of drug-likeness (QED) is 0.429. The third-order valence-corrected chi connectivity index (χ3v) is 7.43. The van der Waals surface area contributed by atoms with Gasteiger partial charge in [-0.1, -0.05) is 24.4 Å². The molecular formula is C29H30ClN3O5. The van der Waals surface area contributed by atoms with Gasteiger partial charge in [0.25, 0.3) is 11.8 Å². The van der Waals surface area contributed by atoms with Gasteiger partial charge in [-0.15, -0.1) is 0 Å². The number of benzene rings is 3. The molecule has 1 fully saturated rings. The normalized spacial score (nSPS) is 18.1. The first-order chi connectivity index (χ1) is 18.4. The third kappa shape index (κ3) is 5.56. The van der Waals surface area contributed by atoms with Crippen molar-refractivity contribution in [1.82, 2.24) is 4.90 Å². The summed E-state index contributed by atoms with van der Waals surface area (Å²) in [6.07, 6.45) is 3.73. The summed E-state index contributed by atoms with van der Waals surface area (Å²) in [4.78, 5) is 28.5. The van der Waals surface area contributed by atoms with Crippen molar-refractivity contribution in [3.8, 4) is 17.2 Å². The first-order valence-electron chi connectivity index (χ1n) is 12.6. The predicted octanol–water partition coefficient (Wildman–Crippen LogP) is 5.24. The van der Waals surface area contributed by atoms with Crippen LogP contribution in [0, 0.1) is 0 Å². The van der Waals surface area contributed by atoms with Gasteiger partial charge in [-0.2, -0.15) is 0 Å². The number of fused-ring (bicyclic) bond motifs is 1. The monoisotopic (exact) mass is 535 g/mol. The Bertz CT molecular complexity index is 1330. The summed E-state index contributed by atoms with van der Waals surface area (Å²) in [5, 5.41) is 3.42. The van der Waals surface area contributed by atoms with Gasteiger partial charge in [-0.25, -0.2) is 0 Å². The summed E-state index contributed by atoms with van der Waals surface area (Å²) >= 11 is 6.59. The molecule has 5 rings (SSSR count). The van der Waals surface area contributed by atoms with Crippen molar-refractivity contribution in [3.63, 3.8) is 0 Å². The summed E-state index contributed by atoms with van der Waals surface area (Å²) in [6, 6.07) is 17.1. The van der Waals surface area contributed by atoms with Gasteiger partial charge in [-0.3, -0.25) is 9.59 Å². The van der Waals surface area contributed by atoms with Crippen LogP contribution >= 0.6 is 11.6 Å². The van der Waals surface area contributed by atoms with Crippen LogP contribution in [0.2, 0.25) is 5.02 Å². The van der Waals surface area contributed by atoms with Crippen molar-refractivity contribution >= 4 is 29.1 Å². The van der Waals surface area contributed by atoms with Crippen molar-refractivity contribution < 1.29 is 23.8 Å². The van der Waals surface area contributed by atoms with Crippen LogP contribution < -0.4 is 25.3 Å². The minimum absolute atomic E-state index is 0.124. The minimum atomic E-state index is -0.294. The number of halogens is 1. The highest BCUT2D eigenvalue weighted by Crippen LogP contribution is 2.33. The second-order valence-electron chi connectivity index (χ2n) is 9.51. The summed E-state index contributed by atoms with van der Waals surface area (Å²) in [7, 11) is 1.59.